The van der Waals surface area contributed by atoms with Crippen molar-refractivity contribution < 1.29 is 14.7 Å². The number of aromatic carboxylic acids is 1. The van der Waals surface area contributed by atoms with Crippen molar-refractivity contribution in [2.45, 2.75) is 13.8 Å². The second-order valence-electron chi connectivity index (χ2n) is 6.05. The van der Waals surface area contributed by atoms with E-state index in [0.717, 1.165) is 5.69 Å². The van der Waals surface area contributed by atoms with Gasteiger partial charge in [-0.15, -0.1) is 0 Å². The van der Waals surface area contributed by atoms with E-state index in [1.807, 2.05) is 12.1 Å². The molecule has 0 fully saturated rings. The quantitative estimate of drug-likeness (QED) is 0.514. The van der Waals surface area contributed by atoms with Gasteiger partial charge in [0.2, 0.25) is 5.91 Å². The smallest absolute Gasteiger partial charge is 0.337 e. The van der Waals surface area contributed by atoms with Gasteiger partial charge in [-0.2, -0.15) is 0 Å². The lowest BCUT2D eigenvalue weighted by Crippen LogP contribution is -2.06. The summed E-state index contributed by atoms with van der Waals surface area (Å²) in [6.45, 7) is 3.19. The zero-order valence-electron chi connectivity index (χ0n) is 15.4. The first kappa shape index (κ1) is 18.8. The number of nitrogens with one attached hydrogen (secondary N) is 3. The number of hydrogen-bond acceptors (Lipinski definition) is 6. The lowest BCUT2D eigenvalue weighted by Gasteiger charge is -2.12. The summed E-state index contributed by atoms with van der Waals surface area (Å²) in [5, 5.41) is 18.2. The zero-order valence-corrected chi connectivity index (χ0v) is 15.4. The highest BCUT2D eigenvalue weighted by molar-refractivity contribution is 5.95. The van der Waals surface area contributed by atoms with Gasteiger partial charge < -0.3 is 21.1 Å². The number of benzene rings is 2. The van der Waals surface area contributed by atoms with Crippen LogP contribution in [0, 0.1) is 6.92 Å². The molecule has 1 amide bonds. The monoisotopic (exact) mass is 377 g/mol. The summed E-state index contributed by atoms with van der Waals surface area (Å²) in [5.41, 5.74) is 1.99. The van der Waals surface area contributed by atoms with Gasteiger partial charge in [0.1, 0.15) is 17.5 Å². The van der Waals surface area contributed by atoms with Crippen LogP contribution in [0.3, 0.4) is 0 Å². The van der Waals surface area contributed by atoms with Crippen molar-refractivity contribution in [2.75, 3.05) is 16.0 Å². The van der Waals surface area contributed by atoms with Crippen LogP contribution in [0.4, 0.5) is 28.7 Å². The van der Waals surface area contributed by atoms with Crippen LogP contribution in [0.5, 0.6) is 0 Å². The van der Waals surface area contributed by atoms with Gasteiger partial charge in [0.15, 0.2) is 0 Å². The Hall–Kier alpha value is -3.94. The zero-order chi connectivity index (χ0) is 20.1. The molecule has 0 aliphatic carbocycles. The first-order chi connectivity index (χ1) is 13.4. The van der Waals surface area contributed by atoms with E-state index in [4.69, 9.17) is 0 Å². The number of carboxylic acid groups (broad SMARTS) is 1. The highest BCUT2D eigenvalue weighted by Crippen LogP contribution is 2.24. The molecule has 8 nitrogen and oxygen atoms in total. The third-order valence-corrected chi connectivity index (χ3v) is 3.71. The van der Waals surface area contributed by atoms with Crippen molar-refractivity contribution in [1.82, 2.24) is 9.97 Å². The number of aromatic nitrogens is 2. The maximum absolute atomic E-state index is 11.4. The van der Waals surface area contributed by atoms with E-state index in [2.05, 4.69) is 25.9 Å². The summed E-state index contributed by atoms with van der Waals surface area (Å²) in [5.74, 6) is 0.323. The van der Waals surface area contributed by atoms with Gasteiger partial charge >= 0.3 is 5.97 Å². The Bertz CT molecular complexity index is 1040. The molecule has 0 radical (unpaired) electrons. The molecule has 1 heterocycles. The highest BCUT2D eigenvalue weighted by atomic mass is 16.4. The van der Waals surface area contributed by atoms with Crippen LogP contribution in [0.1, 0.15) is 23.1 Å². The first-order valence-electron chi connectivity index (χ1n) is 8.50. The molecule has 0 bridgehead atoms. The van der Waals surface area contributed by atoms with E-state index in [1.165, 1.54) is 13.0 Å². The van der Waals surface area contributed by atoms with Crippen LogP contribution in [0.2, 0.25) is 0 Å². The molecule has 8 heteroatoms. The minimum absolute atomic E-state index is 0.149. The van der Waals surface area contributed by atoms with Crippen molar-refractivity contribution in [3.8, 4) is 0 Å². The molecule has 4 N–H and O–H groups in total. The van der Waals surface area contributed by atoms with E-state index < -0.39 is 5.97 Å². The molecular weight excluding hydrogens is 358 g/mol. The second-order valence-corrected chi connectivity index (χ2v) is 6.05. The Kier molecular flexibility index (Phi) is 5.50. The average Bonchev–Trinajstić information content (AvgIpc) is 2.61. The Morgan fingerprint density at radius 3 is 2.29 bits per heavy atom. The van der Waals surface area contributed by atoms with Gasteiger partial charge in [-0.05, 0) is 37.3 Å². The number of para-hydroxylation sites is 1. The molecule has 28 heavy (non-hydrogen) atoms. The molecule has 0 atom stereocenters. The standard InChI is InChI=1S/C20H19N5O3/c1-12-21-18(24-15-7-5-6-14(10-15)23-13(2)26)11-19(22-12)25-17-9-4-3-8-16(17)20(27)28/h3-11H,1-2H3,(H,23,26)(H,27,28)(H2,21,22,24,25). The number of carbonyl (C=O) groups is 2. The van der Waals surface area contributed by atoms with E-state index in [0.29, 0.717) is 28.8 Å². The van der Waals surface area contributed by atoms with Crippen molar-refractivity contribution >= 4 is 40.6 Å². The summed E-state index contributed by atoms with van der Waals surface area (Å²) in [4.78, 5) is 31.3. The fourth-order valence-corrected chi connectivity index (χ4v) is 2.64. The van der Waals surface area contributed by atoms with Crippen LogP contribution in [0.15, 0.2) is 54.6 Å². The highest BCUT2D eigenvalue weighted by Gasteiger charge is 2.11. The van der Waals surface area contributed by atoms with Crippen molar-refractivity contribution in [1.29, 1.82) is 0 Å². The molecule has 3 aromatic rings. The third kappa shape index (κ3) is 4.82. The van der Waals surface area contributed by atoms with Crippen LogP contribution in [0.25, 0.3) is 0 Å². The maximum Gasteiger partial charge on any atom is 0.337 e. The number of hydrogen-bond donors (Lipinski definition) is 4. The molecular formula is C20H19N5O3. The Balaban J connectivity index is 1.85. The van der Waals surface area contributed by atoms with E-state index in [-0.39, 0.29) is 11.5 Å². The summed E-state index contributed by atoms with van der Waals surface area (Å²) in [6.07, 6.45) is 0. The number of rotatable bonds is 6. The minimum Gasteiger partial charge on any atom is -0.478 e. The van der Waals surface area contributed by atoms with Crippen LogP contribution >= 0.6 is 0 Å². The second kappa shape index (κ2) is 8.17. The lowest BCUT2D eigenvalue weighted by atomic mass is 10.2. The summed E-state index contributed by atoms with van der Waals surface area (Å²) < 4.78 is 0. The fraction of sp³-hybridized carbons (Fsp3) is 0.100. The van der Waals surface area contributed by atoms with Crippen molar-refractivity contribution in [3.63, 3.8) is 0 Å². The average molecular weight is 377 g/mol. The predicted octanol–water partition coefficient (Wildman–Crippen LogP) is 3.93. The molecule has 1 aromatic heterocycles. The van der Waals surface area contributed by atoms with Crippen LogP contribution in [-0.4, -0.2) is 27.0 Å². The summed E-state index contributed by atoms with van der Waals surface area (Å²) >= 11 is 0. The Morgan fingerprint density at radius 2 is 1.57 bits per heavy atom. The first-order valence-corrected chi connectivity index (χ1v) is 8.50. The van der Waals surface area contributed by atoms with Crippen LogP contribution in [-0.2, 0) is 4.79 Å². The molecule has 142 valence electrons. The summed E-state index contributed by atoms with van der Waals surface area (Å²) in [7, 11) is 0. The largest absolute Gasteiger partial charge is 0.478 e. The molecule has 0 unspecified atom stereocenters. The van der Waals surface area contributed by atoms with Crippen molar-refractivity contribution in [3.05, 3.63) is 66.0 Å². The predicted molar refractivity (Wildman–Crippen MR) is 107 cm³/mol. The van der Waals surface area contributed by atoms with Gasteiger partial charge in [0.25, 0.3) is 0 Å². The Morgan fingerprint density at radius 1 is 0.893 bits per heavy atom. The Labute approximate surface area is 161 Å². The van der Waals surface area contributed by atoms with Gasteiger partial charge in [-0.3, -0.25) is 4.79 Å². The van der Waals surface area contributed by atoms with Gasteiger partial charge in [0.05, 0.1) is 11.3 Å². The fourth-order valence-electron chi connectivity index (χ4n) is 2.64. The number of anilines is 5. The number of carboxylic acids is 1. The van der Waals surface area contributed by atoms with Gasteiger partial charge in [0, 0.05) is 24.4 Å². The van der Waals surface area contributed by atoms with E-state index >= 15 is 0 Å². The molecule has 2 aromatic carbocycles. The van der Waals surface area contributed by atoms with Gasteiger partial charge in [-0.1, -0.05) is 18.2 Å². The maximum atomic E-state index is 11.4. The molecule has 0 aliphatic heterocycles. The third-order valence-electron chi connectivity index (χ3n) is 3.71. The van der Waals surface area contributed by atoms with E-state index in [1.54, 1.807) is 43.3 Å². The molecule has 3 rings (SSSR count). The topological polar surface area (TPSA) is 116 Å². The molecule has 0 saturated heterocycles. The molecule has 0 spiro atoms. The van der Waals surface area contributed by atoms with Crippen molar-refractivity contribution in [2.24, 2.45) is 0 Å². The normalized spacial score (nSPS) is 10.2. The number of carbonyl (C=O) groups excluding carboxylic acids is 1. The van der Waals surface area contributed by atoms with Gasteiger partial charge in [-0.25, -0.2) is 14.8 Å². The lowest BCUT2D eigenvalue weighted by molar-refractivity contribution is -0.114. The SMILES string of the molecule is CC(=O)Nc1cccc(Nc2cc(Nc3ccccc3C(=O)O)nc(C)n2)c1. The minimum atomic E-state index is -1.03. The number of amides is 1. The molecule has 0 saturated carbocycles. The number of aryl methyl sites for hydroxylation is 1. The van der Waals surface area contributed by atoms with E-state index in [9.17, 15) is 14.7 Å². The molecule has 0 aliphatic rings. The van der Waals surface area contributed by atoms with Crippen LogP contribution < -0.4 is 16.0 Å². The number of nitrogens with zero attached hydrogens (tertiary/aromatic N) is 2. The summed E-state index contributed by atoms with van der Waals surface area (Å²) in [6, 6.07) is 15.5.